The van der Waals surface area contributed by atoms with Crippen LogP contribution in [-0.2, 0) is 0 Å². The third-order valence-electron chi connectivity index (χ3n) is 9.66. The minimum Gasteiger partial charge on any atom is -0.0884 e. The fraction of sp³-hybridized carbons (Fsp3) is 1.00. The summed E-state index contributed by atoms with van der Waals surface area (Å²) in [6, 6.07) is 0. The molecule has 0 aromatic carbocycles. The minimum absolute atomic E-state index is 0.0166. The van der Waals surface area contributed by atoms with E-state index in [1.807, 2.05) is 0 Å². The van der Waals surface area contributed by atoms with Crippen LogP contribution in [0.3, 0.4) is 0 Å². The molecular weight excluding hydrogens is 391 g/mol. The lowest BCUT2D eigenvalue weighted by atomic mass is 9.95. The summed E-state index contributed by atoms with van der Waals surface area (Å²) >= 11 is 0. The van der Waals surface area contributed by atoms with Crippen LogP contribution in [0.4, 0.5) is 0 Å². The van der Waals surface area contributed by atoms with Crippen molar-refractivity contribution < 1.29 is 0 Å². The van der Waals surface area contributed by atoms with Crippen molar-refractivity contribution in [3.8, 4) is 0 Å². The second-order valence-electron chi connectivity index (χ2n) is 12.7. The van der Waals surface area contributed by atoms with E-state index in [9.17, 15) is 0 Å². The topological polar surface area (TPSA) is 0 Å². The van der Waals surface area contributed by atoms with Crippen molar-refractivity contribution in [1.82, 2.24) is 0 Å². The minimum atomic E-state index is 0.0166. The van der Waals surface area contributed by atoms with Crippen molar-refractivity contribution in [2.45, 2.75) is 190 Å². The zero-order valence-corrected chi connectivity index (χ0v) is 22.8. The molecule has 0 heterocycles. The lowest BCUT2D eigenvalue weighted by molar-refractivity contribution is 0.409. The van der Waals surface area contributed by atoms with Gasteiger partial charge in [-0.05, 0) is 54.0 Å². The largest absolute Gasteiger partial charge is 0.0884 e. The summed E-state index contributed by atoms with van der Waals surface area (Å²) in [5, 5.41) is 1.89. The zero-order chi connectivity index (χ0) is 22.0. The van der Waals surface area contributed by atoms with Gasteiger partial charge in [0.25, 0.3) is 0 Å². The standard InChI is InChI=1S/C30H57P/c1-28(22-16-10-4-5-11-17-23-28)31(29(2)24-18-12-6-7-13-19-25-29)30(3)26-20-14-8-9-15-21-27-30/h4-27H2,1-3H3. The molecule has 0 nitrogen and oxygen atoms in total. The van der Waals surface area contributed by atoms with Crippen LogP contribution in [0.5, 0.6) is 0 Å². The summed E-state index contributed by atoms with van der Waals surface area (Å²) in [7, 11) is 0.0166. The molecule has 0 aromatic rings. The fourth-order valence-corrected chi connectivity index (χ4v) is 14.4. The number of hydrogen-bond donors (Lipinski definition) is 0. The van der Waals surface area contributed by atoms with Gasteiger partial charge in [-0.2, -0.15) is 0 Å². The molecular formula is C30H57P. The zero-order valence-electron chi connectivity index (χ0n) is 21.9. The molecule has 0 spiro atoms. The first kappa shape index (κ1) is 26.0. The molecule has 0 unspecified atom stereocenters. The van der Waals surface area contributed by atoms with Crippen molar-refractivity contribution in [1.29, 1.82) is 0 Å². The van der Waals surface area contributed by atoms with Gasteiger partial charge in [-0.3, -0.25) is 0 Å². The summed E-state index contributed by atoms with van der Waals surface area (Å²) in [4.78, 5) is 0. The van der Waals surface area contributed by atoms with Crippen LogP contribution >= 0.6 is 7.92 Å². The Morgan fingerprint density at radius 1 is 0.290 bits per heavy atom. The van der Waals surface area contributed by atoms with E-state index in [4.69, 9.17) is 0 Å². The van der Waals surface area contributed by atoms with E-state index in [0.29, 0.717) is 15.5 Å². The lowest BCUT2D eigenvalue weighted by Gasteiger charge is -2.58. The maximum Gasteiger partial charge on any atom is -0.0113 e. The summed E-state index contributed by atoms with van der Waals surface area (Å²) < 4.78 is 0. The van der Waals surface area contributed by atoms with Crippen LogP contribution in [0.2, 0.25) is 0 Å². The SMILES string of the molecule is CC1(P(C2(C)CCCCCCCC2)C2(C)CCCCCCCC2)CCCCCCCC1. The molecule has 1 heteroatoms. The van der Waals surface area contributed by atoms with Gasteiger partial charge in [-0.1, -0.05) is 144 Å². The predicted molar refractivity (Wildman–Crippen MR) is 143 cm³/mol. The maximum atomic E-state index is 2.83. The highest BCUT2D eigenvalue weighted by Crippen LogP contribution is 2.75. The van der Waals surface area contributed by atoms with Gasteiger partial charge in [0.15, 0.2) is 0 Å². The Bertz CT molecular complexity index is 393. The van der Waals surface area contributed by atoms with Gasteiger partial charge >= 0.3 is 0 Å². The first-order valence-corrected chi connectivity index (χ1v) is 16.1. The van der Waals surface area contributed by atoms with Crippen molar-refractivity contribution in [2.24, 2.45) is 0 Å². The number of rotatable bonds is 3. The van der Waals surface area contributed by atoms with Crippen molar-refractivity contribution in [3.63, 3.8) is 0 Å². The predicted octanol–water partition coefficient (Wildman–Crippen LogP) is 11.1. The average Bonchev–Trinajstić information content (AvgIpc) is 2.96. The molecule has 3 aliphatic rings. The smallest absolute Gasteiger partial charge is 0.0113 e. The van der Waals surface area contributed by atoms with Gasteiger partial charge < -0.3 is 0 Å². The summed E-state index contributed by atoms with van der Waals surface area (Å²) in [6.07, 6.45) is 36.4. The third-order valence-corrected chi connectivity index (χ3v) is 14.2. The van der Waals surface area contributed by atoms with Crippen molar-refractivity contribution in [3.05, 3.63) is 0 Å². The van der Waals surface area contributed by atoms with Gasteiger partial charge in [0, 0.05) is 0 Å². The maximum absolute atomic E-state index is 2.83. The third kappa shape index (κ3) is 7.46. The summed E-state index contributed by atoms with van der Waals surface area (Å²) in [5.41, 5.74) is 0. The molecule has 3 fully saturated rings. The molecule has 0 amide bonds. The normalized spacial score (nSPS) is 29.0. The van der Waals surface area contributed by atoms with E-state index in [1.165, 1.54) is 116 Å². The molecule has 3 rings (SSSR count). The first-order valence-electron chi connectivity index (χ1n) is 14.8. The monoisotopic (exact) mass is 448 g/mol. The van der Waals surface area contributed by atoms with Crippen LogP contribution in [0.25, 0.3) is 0 Å². The van der Waals surface area contributed by atoms with E-state index in [1.54, 1.807) is 38.5 Å². The van der Waals surface area contributed by atoms with E-state index in [0.717, 1.165) is 0 Å². The number of hydrogen-bond acceptors (Lipinski definition) is 0. The second kappa shape index (κ2) is 12.8. The Hall–Kier alpha value is 0.430. The second-order valence-corrected chi connectivity index (χ2v) is 16.6. The van der Waals surface area contributed by atoms with E-state index in [-0.39, 0.29) is 7.92 Å². The van der Waals surface area contributed by atoms with Gasteiger partial charge in [0.2, 0.25) is 0 Å². The molecule has 0 N–H and O–H groups in total. The highest BCUT2D eigenvalue weighted by Gasteiger charge is 2.52. The Kier molecular flexibility index (Phi) is 10.7. The van der Waals surface area contributed by atoms with Crippen LogP contribution in [0, 0.1) is 0 Å². The highest BCUT2D eigenvalue weighted by atomic mass is 31.1. The van der Waals surface area contributed by atoms with Crippen LogP contribution in [0.15, 0.2) is 0 Å². The molecule has 0 aliphatic heterocycles. The highest BCUT2D eigenvalue weighted by molar-refractivity contribution is 7.62. The van der Waals surface area contributed by atoms with Crippen LogP contribution < -0.4 is 0 Å². The van der Waals surface area contributed by atoms with Gasteiger partial charge in [0.05, 0.1) is 0 Å². The van der Waals surface area contributed by atoms with Crippen LogP contribution in [-0.4, -0.2) is 15.5 Å². The molecule has 3 saturated carbocycles. The molecule has 0 bridgehead atoms. The van der Waals surface area contributed by atoms with E-state index >= 15 is 0 Å². The lowest BCUT2D eigenvalue weighted by Crippen LogP contribution is -2.44. The average molecular weight is 449 g/mol. The molecule has 0 saturated heterocycles. The van der Waals surface area contributed by atoms with Gasteiger partial charge in [-0.15, -0.1) is 0 Å². The van der Waals surface area contributed by atoms with Gasteiger partial charge in [0.1, 0.15) is 0 Å². The summed E-state index contributed by atoms with van der Waals surface area (Å²) in [5.74, 6) is 0. The Morgan fingerprint density at radius 2 is 0.452 bits per heavy atom. The molecule has 31 heavy (non-hydrogen) atoms. The Balaban J connectivity index is 1.97. The Morgan fingerprint density at radius 3 is 0.645 bits per heavy atom. The molecule has 3 aliphatic carbocycles. The van der Waals surface area contributed by atoms with E-state index < -0.39 is 0 Å². The summed E-state index contributed by atoms with van der Waals surface area (Å²) in [6.45, 7) is 8.50. The van der Waals surface area contributed by atoms with Gasteiger partial charge in [-0.25, -0.2) is 0 Å². The first-order chi connectivity index (χ1) is 15.0. The molecule has 0 atom stereocenters. The fourth-order valence-electron chi connectivity index (χ4n) is 8.16. The van der Waals surface area contributed by atoms with Crippen molar-refractivity contribution >= 4 is 7.92 Å². The Labute approximate surface area is 198 Å². The molecule has 0 radical (unpaired) electrons. The van der Waals surface area contributed by atoms with Crippen LogP contribution in [0.1, 0.15) is 175 Å². The molecule has 182 valence electrons. The quantitative estimate of drug-likeness (QED) is 0.376. The molecule has 0 aromatic heterocycles. The van der Waals surface area contributed by atoms with E-state index in [2.05, 4.69) is 20.8 Å². The van der Waals surface area contributed by atoms with Crippen molar-refractivity contribution in [2.75, 3.05) is 0 Å².